The summed E-state index contributed by atoms with van der Waals surface area (Å²) < 4.78 is 10.9. The minimum absolute atomic E-state index is 0.408. The first-order valence-electron chi connectivity index (χ1n) is 5.21. The monoisotopic (exact) mass is 272 g/mol. The number of hydrogen-bond donors (Lipinski definition) is 1. The van der Waals surface area contributed by atoms with Gasteiger partial charge in [0.2, 0.25) is 5.89 Å². The van der Waals surface area contributed by atoms with Crippen molar-refractivity contribution in [3.05, 3.63) is 28.1 Å². The molecule has 2 aromatic rings. The Morgan fingerprint density at radius 1 is 1.35 bits per heavy atom. The average Bonchev–Trinajstić information content (AvgIpc) is 2.84. The van der Waals surface area contributed by atoms with Crippen molar-refractivity contribution in [1.29, 1.82) is 0 Å². The number of hydrogen-bond acceptors (Lipinski definition) is 4. The van der Waals surface area contributed by atoms with Crippen molar-refractivity contribution >= 4 is 34.3 Å². The fourth-order valence-corrected chi connectivity index (χ4v) is 2.44. The molecule has 0 bridgehead atoms. The van der Waals surface area contributed by atoms with Gasteiger partial charge in [-0.25, -0.2) is 4.98 Å². The minimum Gasteiger partial charge on any atom is -0.437 e. The normalized spacial score (nSPS) is 24.6. The maximum absolute atomic E-state index is 6.18. The predicted octanol–water partition coefficient (Wildman–Crippen LogP) is 2.71. The van der Waals surface area contributed by atoms with Gasteiger partial charge in [-0.05, 0) is 18.6 Å². The molecule has 2 heterocycles. The average molecular weight is 273 g/mol. The van der Waals surface area contributed by atoms with Crippen molar-refractivity contribution in [3.63, 3.8) is 0 Å². The summed E-state index contributed by atoms with van der Waals surface area (Å²) in [6.07, 6.45) is 0.686. The van der Waals surface area contributed by atoms with E-state index in [1.54, 1.807) is 12.1 Å². The van der Waals surface area contributed by atoms with Gasteiger partial charge < -0.3 is 14.9 Å². The highest BCUT2D eigenvalue weighted by Gasteiger charge is 2.37. The molecule has 1 aromatic carbocycles. The summed E-state index contributed by atoms with van der Waals surface area (Å²) in [5.74, 6) is 0.453. The topological polar surface area (TPSA) is 61.3 Å². The lowest BCUT2D eigenvalue weighted by Crippen LogP contribution is -2.37. The molecule has 90 valence electrons. The quantitative estimate of drug-likeness (QED) is 0.867. The van der Waals surface area contributed by atoms with Crippen LogP contribution in [0.25, 0.3) is 11.1 Å². The number of rotatable bonds is 1. The van der Waals surface area contributed by atoms with Crippen LogP contribution in [-0.2, 0) is 10.3 Å². The van der Waals surface area contributed by atoms with Crippen LogP contribution in [0.15, 0.2) is 16.5 Å². The Morgan fingerprint density at radius 3 is 2.88 bits per heavy atom. The van der Waals surface area contributed by atoms with E-state index in [2.05, 4.69) is 4.98 Å². The van der Waals surface area contributed by atoms with E-state index in [9.17, 15) is 0 Å². The first-order valence-corrected chi connectivity index (χ1v) is 5.97. The number of fused-ring (bicyclic) bond motifs is 1. The lowest BCUT2D eigenvalue weighted by molar-refractivity contribution is 0.170. The Morgan fingerprint density at radius 2 is 2.18 bits per heavy atom. The van der Waals surface area contributed by atoms with E-state index in [-0.39, 0.29) is 0 Å². The number of nitrogens with two attached hydrogens (primary N) is 1. The summed E-state index contributed by atoms with van der Waals surface area (Å²) >= 11 is 11.9. The van der Waals surface area contributed by atoms with Crippen LogP contribution >= 0.6 is 23.2 Å². The van der Waals surface area contributed by atoms with Crippen LogP contribution in [0.4, 0.5) is 0 Å². The van der Waals surface area contributed by atoms with Crippen molar-refractivity contribution < 1.29 is 9.15 Å². The van der Waals surface area contributed by atoms with Gasteiger partial charge in [0.25, 0.3) is 0 Å². The number of nitrogens with zero attached hydrogens (tertiary/aromatic N) is 1. The van der Waals surface area contributed by atoms with Crippen LogP contribution in [0.1, 0.15) is 12.3 Å². The number of ether oxygens (including phenoxy) is 1. The molecule has 1 fully saturated rings. The van der Waals surface area contributed by atoms with Gasteiger partial charge in [-0.15, -0.1) is 0 Å². The van der Waals surface area contributed by atoms with E-state index in [4.69, 9.17) is 38.1 Å². The van der Waals surface area contributed by atoms with Crippen molar-refractivity contribution in [2.45, 2.75) is 12.0 Å². The minimum atomic E-state index is -0.658. The fraction of sp³-hybridized carbons (Fsp3) is 0.364. The number of benzene rings is 1. The highest BCUT2D eigenvalue weighted by molar-refractivity contribution is 6.37. The maximum atomic E-state index is 6.18. The zero-order valence-electron chi connectivity index (χ0n) is 8.87. The third-order valence-electron chi connectivity index (χ3n) is 2.89. The van der Waals surface area contributed by atoms with Gasteiger partial charge in [0.1, 0.15) is 11.1 Å². The van der Waals surface area contributed by atoms with Crippen LogP contribution in [0.2, 0.25) is 10.0 Å². The Hall–Kier alpha value is -0.810. The molecule has 6 heteroatoms. The van der Waals surface area contributed by atoms with Gasteiger partial charge in [0.15, 0.2) is 5.58 Å². The van der Waals surface area contributed by atoms with Gasteiger partial charge >= 0.3 is 0 Å². The zero-order valence-corrected chi connectivity index (χ0v) is 10.4. The van der Waals surface area contributed by atoms with E-state index in [1.807, 2.05) is 0 Å². The summed E-state index contributed by atoms with van der Waals surface area (Å²) in [6.45, 7) is 1.02. The van der Waals surface area contributed by atoms with Crippen LogP contribution < -0.4 is 5.73 Å². The van der Waals surface area contributed by atoms with Crippen LogP contribution in [0.5, 0.6) is 0 Å². The predicted molar refractivity (Wildman–Crippen MR) is 65.3 cm³/mol. The van der Waals surface area contributed by atoms with E-state index in [0.717, 1.165) is 0 Å². The smallest absolute Gasteiger partial charge is 0.218 e. The van der Waals surface area contributed by atoms with Gasteiger partial charge in [-0.1, -0.05) is 23.2 Å². The lowest BCUT2D eigenvalue weighted by atomic mass is 10.0. The summed E-state index contributed by atoms with van der Waals surface area (Å²) in [5, 5.41) is 0.963. The third kappa shape index (κ3) is 1.81. The van der Waals surface area contributed by atoms with Gasteiger partial charge in [-0.2, -0.15) is 0 Å². The molecule has 2 N–H and O–H groups in total. The molecule has 1 aliphatic heterocycles. The van der Waals surface area contributed by atoms with E-state index in [1.165, 1.54) is 0 Å². The van der Waals surface area contributed by atoms with Gasteiger partial charge in [-0.3, -0.25) is 0 Å². The maximum Gasteiger partial charge on any atom is 0.218 e. The second-order valence-corrected chi connectivity index (χ2v) is 5.06. The summed E-state index contributed by atoms with van der Waals surface area (Å²) in [4.78, 5) is 4.35. The lowest BCUT2D eigenvalue weighted by Gasteiger charge is -2.16. The molecular weight excluding hydrogens is 263 g/mol. The van der Waals surface area contributed by atoms with E-state index < -0.39 is 5.54 Å². The molecule has 1 aromatic heterocycles. The summed E-state index contributed by atoms with van der Waals surface area (Å²) in [5.41, 5.74) is 6.65. The molecule has 1 atom stereocenters. The highest BCUT2D eigenvalue weighted by atomic mass is 35.5. The molecule has 0 spiro atoms. The first-order chi connectivity index (χ1) is 8.08. The Balaban J connectivity index is 2.16. The largest absolute Gasteiger partial charge is 0.437 e. The molecular formula is C11H10Cl2N2O2. The van der Waals surface area contributed by atoms with Crippen molar-refractivity contribution in [3.8, 4) is 0 Å². The molecule has 0 amide bonds. The Bertz CT molecular complexity index is 576. The molecule has 0 saturated carbocycles. The SMILES string of the molecule is NC1(c2nc3cc(Cl)cc(Cl)c3o2)CCOC1. The number of aromatic nitrogens is 1. The molecule has 1 unspecified atom stereocenters. The Labute approximate surface area is 108 Å². The van der Waals surface area contributed by atoms with Crippen LogP contribution in [0.3, 0.4) is 0 Å². The molecule has 17 heavy (non-hydrogen) atoms. The second kappa shape index (κ2) is 3.85. The number of oxazole rings is 1. The fourth-order valence-electron chi connectivity index (χ4n) is 1.92. The van der Waals surface area contributed by atoms with Gasteiger partial charge in [0.05, 0.1) is 11.6 Å². The molecule has 0 radical (unpaired) electrons. The third-order valence-corrected chi connectivity index (χ3v) is 3.39. The van der Waals surface area contributed by atoms with Gasteiger partial charge in [0, 0.05) is 11.6 Å². The highest BCUT2D eigenvalue weighted by Crippen LogP contribution is 2.33. The van der Waals surface area contributed by atoms with E-state index in [0.29, 0.717) is 46.7 Å². The summed E-state index contributed by atoms with van der Waals surface area (Å²) in [7, 11) is 0. The van der Waals surface area contributed by atoms with Crippen LogP contribution in [-0.4, -0.2) is 18.2 Å². The standard InChI is InChI=1S/C11H10Cl2N2O2/c12-6-3-7(13)9-8(4-6)15-10(17-9)11(14)1-2-16-5-11/h3-4H,1-2,5,14H2. The van der Waals surface area contributed by atoms with Crippen molar-refractivity contribution in [2.24, 2.45) is 5.73 Å². The molecule has 3 rings (SSSR count). The first kappa shape index (κ1) is 11.3. The molecule has 1 aliphatic rings. The van der Waals surface area contributed by atoms with Crippen LogP contribution in [0, 0.1) is 0 Å². The summed E-state index contributed by atoms with van der Waals surface area (Å²) in [6, 6.07) is 3.32. The Kier molecular flexibility index (Phi) is 2.56. The molecule has 1 saturated heterocycles. The van der Waals surface area contributed by atoms with Crippen molar-refractivity contribution in [2.75, 3.05) is 13.2 Å². The zero-order chi connectivity index (χ0) is 12.0. The molecule has 0 aliphatic carbocycles. The number of halogens is 2. The molecule has 4 nitrogen and oxygen atoms in total. The van der Waals surface area contributed by atoms with Crippen molar-refractivity contribution in [1.82, 2.24) is 4.98 Å². The second-order valence-electron chi connectivity index (χ2n) is 4.21. The van der Waals surface area contributed by atoms with E-state index >= 15 is 0 Å².